The third-order valence-corrected chi connectivity index (χ3v) is 6.11. The number of nitrogens with zero attached hydrogens (tertiary/aromatic N) is 5. The fraction of sp³-hybridized carbons (Fsp3) is 0.348. The minimum absolute atomic E-state index is 0.0425. The van der Waals surface area contributed by atoms with Gasteiger partial charge in [0.15, 0.2) is 0 Å². The summed E-state index contributed by atoms with van der Waals surface area (Å²) in [7, 11) is 0. The minimum atomic E-state index is -0.0425. The van der Waals surface area contributed by atoms with Crippen molar-refractivity contribution in [1.29, 1.82) is 5.26 Å². The van der Waals surface area contributed by atoms with Gasteiger partial charge in [0.2, 0.25) is 5.91 Å². The van der Waals surface area contributed by atoms with E-state index in [1.54, 1.807) is 4.90 Å². The molecule has 0 saturated carbocycles. The maximum absolute atomic E-state index is 11.9. The van der Waals surface area contributed by atoms with E-state index in [2.05, 4.69) is 39.6 Å². The summed E-state index contributed by atoms with van der Waals surface area (Å²) in [4.78, 5) is 22.8. The number of hydrogen-bond acceptors (Lipinski definition) is 5. The standard InChI is InChI=1S/C23H24ClN5O/c1-2-21(30)28-10-12-29(13-11-28)23-18-8-9-27(15-17-6-4-3-5-7-17)16-20(18)19(14-25)22(24)26-23/h2-7H,1,8-13,15-16H2. The molecule has 3 heterocycles. The summed E-state index contributed by atoms with van der Waals surface area (Å²) in [5.41, 5.74) is 3.83. The number of hydrogen-bond donors (Lipinski definition) is 0. The lowest BCUT2D eigenvalue weighted by Crippen LogP contribution is -2.49. The molecule has 1 amide bonds. The van der Waals surface area contributed by atoms with Crippen molar-refractivity contribution in [3.63, 3.8) is 0 Å². The van der Waals surface area contributed by atoms with Crippen LogP contribution in [-0.4, -0.2) is 53.4 Å². The first-order chi connectivity index (χ1) is 14.6. The number of benzene rings is 1. The Morgan fingerprint density at radius 3 is 2.57 bits per heavy atom. The van der Waals surface area contributed by atoms with Gasteiger partial charge in [-0.15, -0.1) is 0 Å². The molecular weight excluding hydrogens is 398 g/mol. The predicted molar refractivity (Wildman–Crippen MR) is 117 cm³/mol. The third-order valence-electron chi connectivity index (χ3n) is 5.83. The first kappa shape index (κ1) is 20.4. The van der Waals surface area contributed by atoms with E-state index in [1.165, 1.54) is 11.6 Å². The maximum atomic E-state index is 11.9. The van der Waals surface area contributed by atoms with Crippen molar-refractivity contribution in [2.75, 3.05) is 37.6 Å². The largest absolute Gasteiger partial charge is 0.353 e. The summed E-state index contributed by atoms with van der Waals surface area (Å²) >= 11 is 6.44. The summed E-state index contributed by atoms with van der Waals surface area (Å²) in [5, 5.41) is 9.98. The number of halogens is 1. The molecule has 0 unspecified atom stereocenters. The minimum Gasteiger partial charge on any atom is -0.353 e. The molecule has 1 aromatic heterocycles. The highest BCUT2D eigenvalue weighted by Gasteiger charge is 2.29. The van der Waals surface area contributed by atoms with Crippen LogP contribution in [0.2, 0.25) is 5.15 Å². The molecule has 0 N–H and O–H groups in total. The Kier molecular flexibility index (Phi) is 6.03. The molecule has 2 aliphatic heterocycles. The zero-order valence-corrected chi connectivity index (χ0v) is 17.6. The predicted octanol–water partition coefficient (Wildman–Crippen LogP) is 3.00. The SMILES string of the molecule is C=CC(=O)N1CCN(c2nc(Cl)c(C#N)c3c2CCN(Cc2ccccc2)C3)CC1. The smallest absolute Gasteiger partial charge is 0.246 e. The van der Waals surface area contributed by atoms with Crippen molar-refractivity contribution in [3.05, 3.63) is 70.4 Å². The number of amides is 1. The van der Waals surface area contributed by atoms with Gasteiger partial charge in [0.25, 0.3) is 0 Å². The van der Waals surface area contributed by atoms with Crippen molar-refractivity contribution in [2.45, 2.75) is 19.5 Å². The van der Waals surface area contributed by atoms with Gasteiger partial charge in [0.1, 0.15) is 17.0 Å². The zero-order valence-electron chi connectivity index (χ0n) is 16.9. The Hall–Kier alpha value is -2.88. The second-order valence-corrected chi connectivity index (χ2v) is 7.99. The van der Waals surface area contributed by atoms with Gasteiger partial charge in [-0.05, 0) is 23.6 Å². The van der Waals surface area contributed by atoms with E-state index in [4.69, 9.17) is 11.6 Å². The molecular formula is C23H24ClN5O. The Bertz CT molecular complexity index is 993. The van der Waals surface area contributed by atoms with Gasteiger partial charge in [-0.1, -0.05) is 48.5 Å². The number of pyridine rings is 1. The van der Waals surface area contributed by atoms with E-state index in [0.717, 1.165) is 36.5 Å². The van der Waals surface area contributed by atoms with Crippen molar-refractivity contribution < 1.29 is 4.79 Å². The highest BCUT2D eigenvalue weighted by molar-refractivity contribution is 6.30. The van der Waals surface area contributed by atoms with Gasteiger partial charge in [-0.3, -0.25) is 9.69 Å². The monoisotopic (exact) mass is 421 g/mol. The van der Waals surface area contributed by atoms with Crippen LogP contribution in [0.25, 0.3) is 0 Å². The van der Waals surface area contributed by atoms with E-state index in [1.807, 2.05) is 18.2 Å². The zero-order chi connectivity index (χ0) is 21.1. The first-order valence-corrected chi connectivity index (χ1v) is 10.5. The van der Waals surface area contributed by atoms with Crippen LogP contribution in [0.5, 0.6) is 0 Å². The van der Waals surface area contributed by atoms with Crippen LogP contribution in [0.15, 0.2) is 43.0 Å². The van der Waals surface area contributed by atoms with E-state index < -0.39 is 0 Å². The lowest BCUT2D eigenvalue weighted by Gasteiger charge is -2.38. The average molecular weight is 422 g/mol. The molecule has 154 valence electrons. The Balaban J connectivity index is 1.59. The summed E-state index contributed by atoms with van der Waals surface area (Å²) < 4.78 is 0. The summed E-state index contributed by atoms with van der Waals surface area (Å²) in [6.07, 6.45) is 2.18. The molecule has 0 atom stereocenters. The molecule has 0 aliphatic carbocycles. The van der Waals surface area contributed by atoms with Crippen LogP contribution in [0.4, 0.5) is 5.82 Å². The van der Waals surface area contributed by atoms with Crippen LogP contribution < -0.4 is 4.90 Å². The number of piperazine rings is 1. The van der Waals surface area contributed by atoms with Gasteiger partial charge in [-0.2, -0.15) is 5.26 Å². The molecule has 1 saturated heterocycles. The van der Waals surface area contributed by atoms with Crippen molar-refractivity contribution in [2.24, 2.45) is 0 Å². The van der Waals surface area contributed by atoms with Crippen molar-refractivity contribution in [1.82, 2.24) is 14.8 Å². The molecule has 0 spiro atoms. The van der Waals surface area contributed by atoms with Crippen LogP contribution in [0.3, 0.4) is 0 Å². The van der Waals surface area contributed by atoms with E-state index in [9.17, 15) is 10.1 Å². The van der Waals surface area contributed by atoms with Gasteiger partial charge in [0.05, 0.1) is 5.56 Å². The van der Waals surface area contributed by atoms with Gasteiger partial charge < -0.3 is 9.80 Å². The lowest BCUT2D eigenvalue weighted by molar-refractivity contribution is -0.126. The molecule has 2 aromatic rings. The number of anilines is 1. The Morgan fingerprint density at radius 2 is 1.90 bits per heavy atom. The van der Waals surface area contributed by atoms with E-state index >= 15 is 0 Å². The molecule has 0 radical (unpaired) electrons. The number of aromatic nitrogens is 1. The fourth-order valence-electron chi connectivity index (χ4n) is 4.26. The topological polar surface area (TPSA) is 63.5 Å². The third kappa shape index (κ3) is 4.04. The lowest BCUT2D eigenvalue weighted by atomic mass is 9.95. The quantitative estimate of drug-likeness (QED) is 0.561. The normalized spacial score (nSPS) is 16.7. The second-order valence-electron chi connectivity index (χ2n) is 7.63. The summed E-state index contributed by atoms with van der Waals surface area (Å²) in [5.74, 6) is 0.818. The highest BCUT2D eigenvalue weighted by atomic mass is 35.5. The number of fused-ring (bicyclic) bond motifs is 1. The number of nitriles is 1. The molecule has 0 bridgehead atoms. The maximum Gasteiger partial charge on any atom is 0.246 e. The molecule has 2 aliphatic rings. The summed E-state index contributed by atoms with van der Waals surface area (Å²) in [6, 6.07) is 12.6. The number of rotatable bonds is 4. The van der Waals surface area contributed by atoms with Gasteiger partial charge in [0, 0.05) is 51.4 Å². The molecule has 4 rings (SSSR count). The molecule has 7 heteroatoms. The fourth-order valence-corrected chi connectivity index (χ4v) is 4.49. The Morgan fingerprint density at radius 1 is 1.17 bits per heavy atom. The van der Waals surface area contributed by atoms with Gasteiger partial charge in [-0.25, -0.2) is 4.98 Å². The van der Waals surface area contributed by atoms with Gasteiger partial charge >= 0.3 is 0 Å². The molecule has 6 nitrogen and oxygen atoms in total. The first-order valence-electron chi connectivity index (χ1n) is 10.1. The van der Waals surface area contributed by atoms with Crippen molar-refractivity contribution in [3.8, 4) is 6.07 Å². The molecule has 1 aromatic carbocycles. The second kappa shape index (κ2) is 8.86. The van der Waals surface area contributed by atoms with Crippen LogP contribution in [0.1, 0.15) is 22.3 Å². The molecule has 30 heavy (non-hydrogen) atoms. The highest BCUT2D eigenvalue weighted by Crippen LogP contribution is 2.34. The number of carbonyl (C=O) groups is 1. The summed E-state index contributed by atoms with van der Waals surface area (Å²) in [6.45, 7) is 8.61. The van der Waals surface area contributed by atoms with E-state index in [0.29, 0.717) is 38.3 Å². The average Bonchev–Trinajstić information content (AvgIpc) is 2.79. The van der Waals surface area contributed by atoms with Crippen LogP contribution in [-0.2, 0) is 24.3 Å². The van der Waals surface area contributed by atoms with E-state index in [-0.39, 0.29) is 11.1 Å². The molecule has 1 fully saturated rings. The number of carbonyl (C=O) groups excluding carboxylic acids is 1. The van der Waals surface area contributed by atoms with Crippen molar-refractivity contribution >= 4 is 23.3 Å². The van der Waals surface area contributed by atoms with Crippen LogP contribution >= 0.6 is 11.6 Å². The Labute approximate surface area is 182 Å². The van der Waals surface area contributed by atoms with Crippen LogP contribution in [0, 0.1) is 11.3 Å².